The number of hydrogen-bond donors (Lipinski definition) is 0. The summed E-state index contributed by atoms with van der Waals surface area (Å²) in [5, 5.41) is 10.6. The smallest absolute Gasteiger partial charge is 0.358 e. The Labute approximate surface area is 104 Å². The molecule has 0 atom stereocenters. The van der Waals surface area contributed by atoms with Crippen molar-refractivity contribution in [1.29, 1.82) is 0 Å². The number of imidazole rings is 1. The molecule has 1 heterocycles. The van der Waals surface area contributed by atoms with Gasteiger partial charge in [0.25, 0.3) is 0 Å². The first-order chi connectivity index (χ1) is 8.74. The highest BCUT2D eigenvalue weighted by atomic mass is 16.6. The lowest BCUT2D eigenvalue weighted by Crippen LogP contribution is -2.24. The van der Waals surface area contributed by atoms with Crippen LogP contribution in [0.5, 0.6) is 0 Å². The van der Waals surface area contributed by atoms with E-state index in [9.17, 15) is 10.1 Å². The highest BCUT2D eigenvalue weighted by Gasteiger charge is 2.32. The van der Waals surface area contributed by atoms with Crippen LogP contribution in [-0.4, -0.2) is 14.5 Å². The molecule has 1 aliphatic rings. The second-order valence-corrected chi connectivity index (χ2v) is 4.67. The fourth-order valence-electron chi connectivity index (χ4n) is 2.45. The van der Waals surface area contributed by atoms with Crippen LogP contribution in [0.2, 0.25) is 0 Å². The van der Waals surface area contributed by atoms with Gasteiger partial charge in [0, 0.05) is 6.04 Å². The monoisotopic (exact) mass is 243 g/mol. The van der Waals surface area contributed by atoms with Gasteiger partial charge in [-0.05, 0) is 34.2 Å². The van der Waals surface area contributed by atoms with Crippen LogP contribution in [0.15, 0.2) is 42.9 Å². The molecule has 0 radical (unpaired) electrons. The maximum absolute atomic E-state index is 10.6. The van der Waals surface area contributed by atoms with Crippen molar-refractivity contribution in [3.8, 4) is 0 Å². The van der Waals surface area contributed by atoms with Crippen molar-refractivity contribution >= 4 is 5.82 Å². The molecule has 0 spiro atoms. The van der Waals surface area contributed by atoms with Crippen molar-refractivity contribution in [3.05, 3.63) is 58.5 Å². The van der Waals surface area contributed by atoms with Crippen LogP contribution in [0.25, 0.3) is 0 Å². The molecule has 0 N–H and O–H groups in total. The van der Waals surface area contributed by atoms with Gasteiger partial charge >= 0.3 is 5.82 Å². The maximum atomic E-state index is 10.6. The summed E-state index contributed by atoms with van der Waals surface area (Å²) in [6.45, 7) is 0. The standard InChI is InChI=1S/C13H13N3O2/c17-16(18)13-8-15(9-14-13)12-6-11(7-12)10-4-2-1-3-5-10/h1-5,8-9,11-12H,6-7H2. The van der Waals surface area contributed by atoms with Crippen LogP contribution in [0.1, 0.15) is 30.4 Å². The second-order valence-electron chi connectivity index (χ2n) is 4.67. The zero-order valence-corrected chi connectivity index (χ0v) is 9.77. The van der Waals surface area contributed by atoms with Crippen molar-refractivity contribution in [2.24, 2.45) is 0 Å². The van der Waals surface area contributed by atoms with Gasteiger partial charge in [-0.15, -0.1) is 0 Å². The fourth-order valence-corrected chi connectivity index (χ4v) is 2.45. The van der Waals surface area contributed by atoms with Crippen LogP contribution in [0.3, 0.4) is 0 Å². The fraction of sp³-hybridized carbons (Fsp3) is 0.308. The topological polar surface area (TPSA) is 61.0 Å². The van der Waals surface area contributed by atoms with E-state index >= 15 is 0 Å². The highest BCUT2D eigenvalue weighted by Crippen LogP contribution is 2.44. The van der Waals surface area contributed by atoms with E-state index in [-0.39, 0.29) is 5.82 Å². The van der Waals surface area contributed by atoms with E-state index in [1.807, 2.05) is 22.8 Å². The molecule has 0 amide bonds. The molecule has 0 aliphatic heterocycles. The number of nitro groups is 1. The predicted octanol–water partition coefficient (Wildman–Crippen LogP) is 2.91. The summed E-state index contributed by atoms with van der Waals surface area (Å²) in [6, 6.07) is 10.7. The molecule has 1 aliphatic carbocycles. The van der Waals surface area contributed by atoms with Crippen molar-refractivity contribution in [1.82, 2.24) is 9.55 Å². The Balaban J connectivity index is 1.66. The highest BCUT2D eigenvalue weighted by molar-refractivity contribution is 5.23. The number of hydrogen-bond acceptors (Lipinski definition) is 3. The molecule has 3 rings (SSSR count). The molecular weight excluding hydrogens is 230 g/mol. The van der Waals surface area contributed by atoms with Gasteiger partial charge in [0.2, 0.25) is 6.33 Å². The lowest BCUT2D eigenvalue weighted by molar-refractivity contribution is -0.389. The maximum Gasteiger partial charge on any atom is 0.381 e. The predicted molar refractivity (Wildman–Crippen MR) is 66.3 cm³/mol. The third-order valence-corrected chi connectivity index (χ3v) is 3.58. The second kappa shape index (κ2) is 4.25. The summed E-state index contributed by atoms with van der Waals surface area (Å²) in [4.78, 5) is 13.9. The zero-order chi connectivity index (χ0) is 12.5. The third-order valence-electron chi connectivity index (χ3n) is 3.58. The van der Waals surface area contributed by atoms with Crippen LogP contribution in [-0.2, 0) is 0 Å². The Morgan fingerprint density at radius 2 is 2.00 bits per heavy atom. The Hall–Kier alpha value is -2.17. The molecule has 5 heteroatoms. The summed E-state index contributed by atoms with van der Waals surface area (Å²) in [5.41, 5.74) is 1.35. The number of nitrogens with zero attached hydrogens (tertiary/aromatic N) is 3. The minimum absolute atomic E-state index is 0.0711. The van der Waals surface area contributed by atoms with E-state index in [2.05, 4.69) is 17.1 Å². The molecule has 0 saturated heterocycles. The Morgan fingerprint density at radius 3 is 2.61 bits per heavy atom. The number of rotatable bonds is 3. The summed E-state index contributed by atoms with van der Waals surface area (Å²) in [5.74, 6) is 0.496. The lowest BCUT2D eigenvalue weighted by atomic mass is 9.76. The van der Waals surface area contributed by atoms with Crippen molar-refractivity contribution in [2.75, 3.05) is 0 Å². The van der Waals surface area contributed by atoms with E-state index in [4.69, 9.17) is 0 Å². The molecule has 2 aromatic rings. The van der Waals surface area contributed by atoms with Crippen LogP contribution >= 0.6 is 0 Å². The van der Waals surface area contributed by atoms with Gasteiger partial charge in [-0.2, -0.15) is 0 Å². The average Bonchev–Trinajstić information content (AvgIpc) is 2.78. The molecular formula is C13H13N3O2. The molecule has 92 valence electrons. The zero-order valence-electron chi connectivity index (χ0n) is 9.77. The van der Waals surface area contributed by atoms with E-state index in [0.717, 1.165) is 12.8 Å². The minimum atomic E-state index is -0.455. The van der Waals surface area contributed by atoms with Gasteiger partial charge in [0.15, 0.2) is 0 Å². The summed E-state index contributed by atoms with van der Waals surface area (Å²) >= 11 is 0. The lowest BCUT2D eigenvalue weighted by Gasteiger charge is -2.35. The molecule has 1 aromatic heterocycles. The summed E-state index contributed by atoms with van der Waals surface area (Å²) in [6.07, 6.45) is 5.13. The Kier molecular flexibility index (Phi) is 2.59. The Morgan fingerprint density at radius 1 is 1.28 bits per heavy atom. The molecule has 0 bridgehead atoms. The van der Waals surface area contributed by atoms with E-state index in [1.165, 1.54) is 11.8 Å². The summed E-state index contributed by atoms with van der Waals surface area (Å²) in [7, 11) is 0. The SMILES string of the molecule is O=[N+]([O-])c1cn(C2CC(c3ccccc3)C2)cn1. The van der Waals surface area contributed by atoms with Crippen molar-refractivity contribution in [2.45, 2.75) is 24.8 Å². The van der Waals surface area contributed by atoms with Crippen LogP contribution in [0.4, 0.5) is 5.82 Å². The molecule has 1 saturated carbocycles. The quantitative estimate of drug-likeness (QED) is 0.615. The normalized spacial score (nSPS) is 22.4. The van der Waals surface area contributed by atoms with Gasteiger partial charge in [0.05, 0.1) is 0 Å². The van der Waals surface area contributed by atoms with Gasteiger partial charge in [-0.3, -0.25) is 0 Å². The molecule has 1 aromatic carbocycles. The number of benzene rings is 1. The van der Waals surface area contributed by atoms with Crippen molar-refractivity contribution in [3.63, 3.8) is 0 Å². The first-order valence-corrected chi connectivity index (χ1v) is 5.97. The van der Waals surface area contributed by atoms with Gasteiger partial charge in [-0.25, -0.2) is 0 Å². The first kappa shape index (κ1) is 11.0. The Bertz CT molecular complexity index is 559. The van der Waals surface area contributed by atoms with E-state index in [1.54, 1.807) is 6.33 Å². The molecule has 1 fully saturated rings. The minimum Gasteiger partial charge on any atom is -0.358 e. The first-order valence-electron chi connectivity index (χ1n) is 5.97. The van der Waals surface area contributed by atoms with Crippen LogP contribution in [0, 0.1) is 10.1 Å². The van der Waals surface area contributed by atoms with Gasteiger partial charge in [-0.1, -0.05) is 30.3 Å². The summed E-state index contributed by atoms with van der Waals surface area (Å²) < 4.78 is 1.86. The van der Waals surface area contributed by atoms with Crippen LogP contribution < -0.4 is 0 Å². The largest absolute Gasteiger partial charge is 0.381 e. The molecule has 0 unspecified atom stereocenters. The third kappa shape index (κ3) is 1.88. The molecule has 5 nitrogen and oxygen atoms in total. The van der Waals surface area contributed by atoms with Gasteiger partial charge in [0.1, 0.15) is 6.20 Å². The van der Waals surface area contributed by atoms with E-state index in [0.29, 0.717) is 12.0 Å². The van der Waals surface area contributed by atoms with E-state index < -0.39 is 4.92 Å². The number of aromatic nitrogens is 2. The van der Waals surface area contributed by atoms with Crippen molar-refractivity contribution < 1.29 is 4.92 Å². The average molecular weight is 243 g/mol. The molecule has 18 heavy (non-hydrogen) atoms. The van der Waals surface area contributed by atoms with Gasteiger partial charge < -0.3 is 14.7 Å².